The lowest BCUT2D eigenvalue weighted by Crippen LogP contribution is -2.52. The van der Waals surface area contributed by atoms with E-state index >= 15 is 0 Å². The standard InChI is InChI=1S/C14H18Cl2N2O2/c1-17-5-7-18(8-6-17)12(14(19)20)9-10-3-2-4-11(15)13(10)16/h2-4,12H,5-9H2,1H3,(H,19,20)/t12-/m1/s1. The molecular weight excluding hydrogens is 299 g/mol. The van der Waals surface area contributed by atoms with Gasteiger partial charge in [-0.2, -0.15) is 0 Å². The number of nitrogens with zero attached hydrogens (tertiary/aromatic N) is 2. The average molecular weight is 317 g/mol. The van der Waals surface area contributed by atoms with Crippen molar-refractivity contribution in [1.29, 1.82) is 0 Å². The maximum absolute atomic E-state index is 11.5. The number of carboxylic acid groups (broad SMARTS) is 1. The molecule has 1 atom stereocenters. The Hall–Kier alpha value is -0.810. The number of benzene rings is 1. The molecule has 1 N–H and O–H groups in total. The maximum atomic E-state index is 11.5. The van der Waals surface area contributed by atoms with E-state index in [0.29, 0.717) is 16.5 Å². The molecule has 1 fully saturated rings. The molecule has 1 saturated heterocycles. The molecule has 2 rings (SSSR count). The van der Waals surface area contributed by atoms with E-state index < -0.39 is 12.0 Å². The van der Waals surface area contributed by atoms with Crippen molar-refractivity contribution >= 4 is 29.2 Å². The van der Waals surface area contributed by atoms with Crippen molar-refractivity contribution in [3.05, 3.63) is 33.8 Å². The zero-order chi connectivity index (χ0) is 14.7. The van der Waals surface area contributed by atoms with E-state index in [1.807, 2.05) is 18.0 Å². The molecule has 0 radical (unpaired) electrons. The summed E-state index contributed by atoms with van der Waals surface area (Å²) in [5.74, 6) is -0.814. The zero-order valence-electron chi connectivity index (χ0n) is 11.4. The highest BCUT2D eigenvalue weighted by Crippen LogP contribution is 2.27. The van der Waals surface area contributed by atoms with Crippen LogP contribution in [-0.4, -0.2) is 60.1 Å². The monoisotopic (exact) mass is 316 g/mol. The predicted molar refractivity (Wildman–Crippen MR) is 80.7 cm³/mol. The Labute approximate surface area is 128 Å². The molecule has 0 spiro atoms. The summed E-state index contributed by atoms with van der Waals surface area (Å²) in [6, 6.07) is 4.78. The third-order valence-corrected chi connectivity index (χ3v) is 4.57. The van der Waals surface area contributed by atoms with Crippen molar-refractivity contribution in [1.82, 2.24) is 9.80 Å². The second-order valence-corrected chi connectivity index (χ2v) is 5.90. The van der Waals surface area contributed by atoms with E-state index in [1.165, 1.54) is 0 Å². The van der Waals surface area contributed by atoms with Gasteiger partial charge in [0.25, 0.3) is 0 Å². The van der Waals surface area contributed by atoms with Gasteiger partial charge in [0.1, 0.15) is 6.04 Å². The highest BCUT2D eigenvalue weighted by molar-refractivity contribution is 6.42. The lowest BCUT2D eigenvalue weighted by atomic mass is 10.0. The normalized spacial score (nSPS) is 18.9. The Kier molecular flexibility index (Phi) is 5.27. The van der Waals surface area contributed by atoms with Crippen LogP contribution in [0.1, 0.15) is 5.56 Å². The summed E-state index contributed by atoms with van der Waals surface area (Å²) in [5, 5.41) is 10.4. The van der Waals surface area contributed by atoms with Crippen molar-refractivity contribution in [2.75, 3.05) is 33.2 Å². The third kappa shape index (κ3) is 3.64. The number of hydrogen-bond acceptors (Lipinski definition) is 3. The summed E-state index contributed by atoms with van der Waals surface area (Å²) in [5.41, 5.74) is 0.783. The molecule has 0 saturated carbocycles. The summed E-state index contributed by atoms with van der Waals surface area (Å²) in [7, 11) is 2.04. The highest BCUT2D eigenvalue weighted by atomic mass is 35.5. The van der Waals surface area contributed by atoms with Crippen LogP contribution in [-0.2, 0) is 11.2 Å². The van der Waals surface area contributed by atoms with Crippen molar-refractivity contribution in [2.24, 2.45) is 0 Å². The average Bonchev–Trinajstić information content (AvgIpc) is 2.41. The summed E-state index contributed by atoms with van der Waals surface area (Å²) in [6.45, 7) is 3.28. The molecule has 0 aliphatic carbocycles. The topological polar surface area (TPSA) is 43.8 Å². The van der Waals surface area contributed by atoms with E-state index in [2.05, 4.69) is 4.90 Å². The van der Waals surface area contributed by atoms with E-state index in [-0.39, 0.29) is 0 Å². The van der Waals surface area contributed by atoms with Crippen LogP contribution < -0.4 is 0 Å². The van der Waals surface area contributed by atoms with Crippen LogP contribution in [0.2, 0.25) is 10.0 Å². The summed E-state index contributed by atoms with van der Waals surface area (Å²) >= 11 is 12.1. The molecule has 4 nitrogen and oxygen atoms in total. The molecule has 0 aromatic heterocycles. The number of halogens is 2. The minimum absolute atomic E-state index is 0.373. The SMILES string of the molecule is CN1CCN([C@H](Cc2cccc(Cl)c2Cl)C(=O)O)CC1. The van der Waals surface area contributed by atoms with Gasteiger partial charge in [0, 0.05) is 32.6 Å². The van der Waals surface area contributed by atoms with Gasteiger partial charge in [0.15, 0.2) is 0 Å². The minimum atomic E-state index is -0.814. The first kappa shape index (κ1) is 15.6. The first-order valence-corrected chi connectivity index (χ1v) is 7.33. The Morgan fingerprint density at radius 3 is 2.55 bits per heavy atom. The number of carbonyl (C=O) groups is 1. The van der Waals surface area contributed by atoms with Crippen LogP contribution in [0.15, 0.2) is 18.2 Å². The van der Waals surface area contributed by atoms with Crippen molar-refractivity contribution in [3.63, 3.8) is 0 Å². The van der Waals surface area contributed by atoms with Gasteiger partial charge < -0.3 is 10.0 Å². The first-order chi connectivity index (χ1) is 9.49. The lowest BCUT2D eigenvalue weighted by Gasteiger charge is -2.36. The smallest absolute Gasteiger partial charge is 0.321 e. The second kappa shape index (κ2) is 6.76. The molecule has 1 aliphatic rings. The van der Waals surface area contributed by atoms with Crippen LogP contribution in [0.4, 0.5) is 0 Å². The molecule has 20 heavy (non-hydrogen) atoms. The van der Waals surface area contributed by atoms with E-state index in [4.69, 9.17) is 23.2 Å². The fraction of sp³-hybridized carbons (Fsp3) is 0.500. The van der Waals surface area contributed by atoms with Gasteiger partial charge in [-0.3, -0.25) is 9.69 Å². The fourth-order valence-corrected chi connectivity index (χ4v) is 2.82. The van der Waals surface area contributed by atoms with Crippen LogP contribution in [0.3, 0.4) is 0 Å². The van der Waals surface area contributed by atoms with Crippen molar-refractivity contribution in [2.45, 2.75) is 12.5 Å². The Morgan fingerprint density at radius 1 is 1.30 bits per heavy atom. The van der Waals surface area contributed by atoms with Gasteiger partial charge in [-0.15, -0.1) is 0 Å². The number of aliphatic carboxylic acids is 1. The van der Waals surface area contributed by atoms with Gasteiger partial charge >= 0.3 is 5.97 Å². The molecule has 1 aromatic carbocycles. The summed E-state index contributed by atoms with van der Waals surface area (Å²) < 4.78 is 0. The molecule has 0 bridgehead atoms. The quantitative estimate of drug-likeness (QED) is 0.925. The maximum Gasteiger partial charge on any atom is 0.321 e. The highest BCUT2D eigenvalue weighted by Gasteiger charge is 2.28. The summed E-state index contributed by atoms with van der Waals surface area (Å²) in [6.07, 6.45) is 0.373. The predicted octanol–water partition coefficient (Wildman–Crippen LogP) is 2.24. The van der Waals surface area contributed by atoms with Gasteiger partial charge in [-0.05, 0) is 18.7 Å². The molecule has 0 unspecified atom stereocenters. The third-order valence-electron chi connectivity index (χ3n) is 3.71. The Morgan fingerprint density at radius 2 is 1.95 bits per heavy atom. The second-order valence-electron chi connectivity index (χ2n) is 5.11. The van der Waals surface area contributed by atoms with Gasteiger partial charge in [-0.1, -0.05) is 35.3 Å². The molecule has 1 aliphatic heterocycles. The van der Waals surface area contributed by atoms with Gasteiger partial charge in [-0.25, -0.2) is 0 Å². The fourth-order valence-electron chi connectivity index (χ4n) is 2.42. The summed E-state index contributed by atoms with van der Waals surface area (Å²) in [4.78, 5) is 15.7. The first-order valence-electron chi connectivity index (χ1n) is 6.57. The minimum Gasteiger partial charge on any atom is -0.480 e. The number of piperazine rings is 1. The van der Waals surface area contributed by atoms with Crippen molar-refractivity contribution in [3.8, 4) is 0 Å². The number of rotatable bonds is 4. The number of hydrogen-bond donors (Lipinski definition) is 1. The number of carboxylic acids is 1. The molecule has 1 aromatic rings. The lowest BCUT2D eigenvalue weighted by molar-refractivity contribution is -0.144. The van der Waals surface area contributed by atoms with Crippen LogP contribution >= 0.6 is 23.2 Å². The molecule has 1 heterocycles. The Balaban J connectivity index is 2.13. The number of likely N-dealkylation sites (N-methyl/N-ethyl adjacent to an activating group) is 1. The molecule has 6 heteroatoms. The van der Waals surface area contributed by atoms with Gasteiger partial charge in [0.2, 0.25) is 0 Å². The molecule has 0 amide bonds. The molecular formula is C14H18Cl2N2O2. The van der Waals surface area contributed by atoms with Gasteiger partial charge in [0.05, 0.1) is 10.0 Å². The van der Waals surface area contributed by atoms with E-state index in [9.17, 15) is 9.90 Å². The van der Waals surface area contributed by atoms with Crippen LogP contribution in [0.5, 0.6) is 0 Å². The Bertz CT molecular complexity index is 488. The van der Waals surface area contributed by atoms with Crippen molar-refractivity contribution < 1.29 is 9.90 Å². The van der Waals surface area contributed by atoms with E-state index in [0.717, 1.165) is 31.7 Å². The largest absolute Gasteiger partial charge is 0.480 e. The van der Waals surface area contributed by atoms with E-state index in [1.54, 1.807) is 12.1 Å². The molecule has 110 valence electrons. The van der Waals surface area contributed by atoms with Crippen LogP contribution in [0.25, 0.3) is 0 Å². The van der Waals surface area contributed by atoms with Crippen LogP contribution in [0, 0.1) is 0 Å². The zero-order valence-corrected chi connectivity index (χ0v) is 12.9.